The highest BCUT2D eigenvalue weighted by atomic mass is 19.1. The number of hydrogen-bond donors (Lipinski definition) is 1. The van der Waals surface area contributed by atoms with E-state index >= 15 is 0 Å². The molecule has 0 aliphatic rings. The number of carbonyl (C=O) groups is 1. The van der Waals surface area contributed by atoms with Crippen molar-refractivity contribution in [1.82, 2.24) is 0 Å². The second kappa shape index (κ2) is 8.16. The summed E-state index contributed by atoms with van der Waals surface area (Å²) in [6.07, 6.45) is 0. The maximum Gasteiger partial charge on any atom is 0.338 e. The summed E-state index contributed by atoms with van der Waals surface area (Å²) in [6.45, 7) is 0.432. The van der Waals surface area contributed by atoms with Gasteiger partial charge in [-0.15, -0.1) is 0 Å². The standard InChI is InChI=1S/C21H17FO4/c22-18-12-20(26-14-16-9-5-2-6-10-16)19(11-17(18)21(23)24)25-13-15-7-3-1-4-8-15/h1-12H,13-14H2,(H,23,24). The monoisotopic (exact) mass is 352 g/mol. The minimum Gasteiger partial charge on any atom is -0.485 e. The first kappa shape index (κ1) is 17.5. The maximum atomic E-state index is 14.1. The molecule has 132 valence electrons. The SMILES string of the molecule is O=C(O)c1cc(OCc2ccccc2)c(OCc2ccccc2)cc1F. The summed E-state index contributed by atoms with van der Waals surface area (Å²) in [5.41, 5.74) is 1.35. The Balaban J connectivity index is 1.83. The molecule has 5 heteroatoms. The van der Waals surface area contributed by atoms with Crippen molar-refractivity contribution in [3.05, 3.63) is 95.3 Å². The van der Waals surface area contributed by atoms with E-state index < -0.39 is 17.3 Å². The third kappa shape index (κ3) is 4.39. The van der Waals surface area contributed by atoms with E-state index in [0.29, 0.717) is 0 Å². The zero-order valence-electron chi connectivity index (χ0n) is 13.9. The molecule has 0 aliphatic heterocycles. The van der Waals surface area contributed by atoms with Crippen molar-refractivity contribution in [2.75, 3.05) is 0 Å². The van der Waals surface area contributed by atoms with Crippen molar-refractivity contribution in [2.45, 2.75) is 13.2 Å². The topological polar surface area (TPSA) is 55.8 Å². The molecular formula is C21H17FO4. The second-order valence-electron chi connectivity index (χ2n) is 5.63. The number of ether oxygens (including phenoxy) is 2. The van der Waals surface area contributed by atoms with Gasteiger partial charge in [0.25, 0.3) is 0 Å². The lowest BCUT2D eigenvalue weighted by molar-refractivity contribution is 0.0691. The van der Waals surface area contributed by atoms with Crippen LogP contribution in [0.4, 0.5) is 4.39 Å². The summed E-state index contributed by atoms with van der Waals surface area (Å²) in [7, 11) is 0. The van der Waals surface area contributed by atoms with Gasteiger partial charge in [-0.1, -0.05) is 60.7 Å². The molecule has 0 heterocycles. The van der Waals surface area contributed by atoms with Crippen LogP contribution in [0.25, 0.3) is 0 Å². The molecule has 0 saturated heterocycles. The molecule has 0 amide bonds. The predicted molar refractivity (Wildman–Crippen MR) is 94.9 cm³/mol. The summed E-state index contributed by atoms with van der Waals surface area (Å²) in [4.78, 5) is 11.2. The summed E-state index contributed by atoms with van der Waals surface area (Å²) < 4.78 is 25.4. The van der Waals surface area contributed by atoms with Crippen LogP contribution in [-0.4, -0.2) is 11.1 Å². The van der Waals surface area contributed by atoms with Crippen LogP contribution >= 0.6 is 0 Å². The van der Waals surface area contributed by atoms with Crippen molar-refractivity contribution in [1.29, 1.82) is 0 Å². The summed E-state index contributed by atoms with van der Waals surface area (Å²) >= 11 is 0. The summed E-state index contributed by atoms with van der Waals surface area (Å²) in [5.74, 6) is -1.88. The number of hydrogen-bond acceptors (Lipinski definition) is 3. The first-order valence-electron chi connectivity index (χ1n) is 8.04. The van der Waals surface area contributed by atoms with E-state index in [9.17, 15) is 9.18 Å². The van der Waals surface area contributed by atoms with Gasteiger partial charge >= 0.3 is 5.97 Å². The Morgan fingerprint density at radius 1 is 0.808 bits per heavy atom. The first-order chi connectivity index (χ1) is 12.6. The van der Waals surface area contributed by atoms with Crippen LogP contribution in [0.15, 0.2) is 72.8 Å². The quantitative estimate of drug-likeness (QED) is 0.671. The average molecular weight is 352 g/mol. The number of halogens is 1. The molecule has 1 N–H and O–H groups in total. The van der Waals surface area contributed by atoms with Gasteiger partial charge in [-0.2, -0.15) is 0 Å². The number of carboxylic acids is 1. The Bertz CT molecular complexity index is 879. The lowest BCUT2D eigenvalue weighted by Gasteiger charge is -2.14. The van der Waals surface area contributed by atoms with Crippen LogP contribution in [0.1, 0.15) is 21.5 Å². The molecule has 0 atom stereocenters. The van der Waals surface area contributed by atoms with Gasteiger partial charge in [0.05, 0.1) is 5.56 Å². The van der Waals surface area contributed by atoms with Gasteiger partial charge in [0, 0.05) is 12.1 Å². The van der Waals surface area contributed by atoms with E-state index in [-0.39, 0.29) is 24.7 Å². The zero-order chi connectivity index (χ0) is 18.4. The highest BCUT2D eigenvalue weighted by molar-refractivity contribution is 5.88. The van der Waals surface area contributed by atoms with Gasteiger partial charge in [0.2, 0.25) is 0 Å². The van der Waals surface area contributed by atoms with Crippen LogP contribution in [-0.2, 0) is 13.2 Å². The van der Waals surface area contributed by atoms with Crippen LogP contribution in [0, 0.1) is 5.82 Å². The largest absolute Gasteiger partial charge is 0.485 e. The van der Waals surface area contributed by atoms with Crippen molar-refractivity contribution in [3.8, 4) is 11.5 Å². The fourth-order valence-corrected chi connectivity index (χ4v) is 2.40. The molecule has 3 aromatic rings. The van der Waals surface area contributed by atoms with E-state index in [0.717, 1.165) is 23.3 Å². The van der Waals surface area contributed by atoms with Crippen molar-refractivity contribution in [2.24, 2.45) is 0 Å². The minimum atomic E-state index is -1.36. The van der Waals surface area contributed by atoms with Gasteiger partial charge in [-0.25, -0.2) is 9.18 Å². The zero-order valence-corrected chi connectivity index (χ0v) is 13.9. The maximum absolute atomic E-state index is 14.1. The van der Waals surface area contributed by atoms with E-state index in [1.54, 1.807) is 0 Å². The number of rotatable bonds is 7. The van der Waals surface area contributed by atoms with Crippen LogP contribution in [0.2, 0.25) is 0 Å². The Morgan fingerprint density at radius 2 is 1.27 bits per heavy atom. The van der Waals surface area contributed by atoms with Crippen LogP contribution in [0.3, 0.4) is 0 Å². The molecule has 3 rings (SSSR count). The predicted octanol–water partition coefficient (Wildman–Crippen LogP) is 4.68. The highest BCUT2D eigenvalue weighted by Crippen LogP contribution is 2.32. The molecule has 4 nitrogen and oxygen atoms in total. The Hall–Kier alpha value is -3.34. The molecule has 0 spiro atoms. The summed E-state index contributed by atoms with van der Waals surface area (Å²) in [6, 6.07) is 21.0. The van der Waals surface area contributed by atoms with Gasteiger partial charge in [-0.3, -0.25) is 0 Å². The normalized spacial score (nSPS) is 10.3. The van der Waals surface area contributed by atoms with Gasteiger partial charge < -0.3 is 14.6 Å². The smallest absolute Gasteiger partial charge is 0.338 e. The fourth-order valence-electron chi connectivity index (χ4n) is 2.40. The third-order valence-corrected chi connectivity index (χ3v) is 3.74. The average Bonchev–Trinajstić information content (AvgIpc) is 2.67. The van der Waals surface area contributed by atoms with E-state index in [4.69, 9.17) is 14.6 Å². The number of benzene rings is 3. The number of carboxylic acid groups (broad SMARTS) is 1. The van der Waals surface area contributed by atoms with Gasteiger partial charge in [0.15, 0.2) is 11.5 Å². The van der Waals surface area contributed by atoms with Gasteiger partial charge in [-0.05, 0) is 11.1 Å². The second-order valence-corrected chi connectivity index (χ2v) is 5.63. The van der Waals surface area contributed by atoms with Crippen LogP contribution < -0.4 is 9.47 Å². The molecule has 26 heavy (non-hydrogen) atoms. The molecule has 0 aromatic heterocycles. The lowest BCUT2D eigenvalue weighted by Crippen LogP contribution is -2.06. The van der Waals surface area contributed by atoms with E-state index in [2.05, 4.69) is 0 Å². The lowest BCUT2D eigenvalue weighted by atomic mass is 10.2. The van der Waals surface area contributed by atoms with E-state index in [1.165, 1.54) is 0 Å². The molecule has 0 unspecified atom stereocenters. The molecule has 0 fully saturated rings. The van der Waals surface area contributed by atoms with E-state index in [1.807, 2.05) is 60.7 Å². The Morgan fingerprint density at radius 3 is 1.73 bits per heavy atom. The summed E-state index contributed by atoms with van der Waals surface area (Å²) in [5, 5.41) is 9.14. The Labute approximate surface area is 150 Å². The van der Waals surface area contributed by atoms with Crippen molar-refractivity contribution >= 4 is 5.97 Å². The Kier molecular flexibility index (Phi) is 5.49. The molecule has 0 aliphatic carbocycles. The van der Waals surface area contributed by atoms with Crippen LogP contribution in [0.5, 0.6) is 11.5 Å². The van der Waals surface area contributed by atoms with Crippen molar-refractivity contribution in [3.63, 3.8) is 0 Å². The highest BCUT2D eigenvalue weighted by Gasteiger charge is 2.17. The molecule has 0 bridgehead atoms. The van der Waals surface area contributed by atoms with Crippen molar-refractivity contribution < 1.29 is 23.8 Å². The number of aromatic carboxylic acids is 1. The first-order valence-corrected chi connectivity index (χ1v) is 8.04. The molecular weight excluding hydrogens is 335 g/mol. The minimum absolute atomic E-state index is 0.160. The fraction of sp³-hybridized carbons (Fsp3) is 0.0952. The molecule has 0 saturated carbocycles. The molecule has 3 aromatic carbocycles. The van der Waals surface area contributed by atoms with Gasteiger partial charge in [0.1, 0.15) is 19.0 Å². The third-order valence-electron chi connectivity index (χ3n) is 3.74. The molecule has 0 radical (unpaired) electrons.